The van der Waals surface area contributed by atoms with Crippen LogP contribution in [0.1, 0.15) is 45.8 Å². The average molecular weight is 402 g/mol. The maximum Gasteiger partial charge on any atom is 0.255 e. The second kappa shape index (κ2) is 8.15. The Balaban J connectivity index is 1.81. The zero-order chi connectivity index (χ0) is 19.6. The number of nitrogens with zero attached hydrogens (tertiary/aromatic N) is 2. The van der Waals surface area contributed by atoms with Crippen molar-refractivity contribution >= 4 is 29.1 Å². The molecule has 4 nitrogen and oxygen atoms in total. The molecule has 1 heterocycles. The van der Waals surface area contributed by atoms with E-state index in [1.165, 1.54) is 0 Å². The number of nitrogens with one attached hydrogen (secondary N) is 1. The molecule has 1 atom stereocenters. The summed E-state index contributed by atoms with van der Waals surface area (Å²) < 4.78 is 1.81. The Bertz CT molecular complexity index is 981. The lowest BCUT2D eigenvalue weighted by atomic mass is 10.1. The smallest absolute Gasteiger partial charge is 0.255 e. The van der Waals surface area contributed by atoms with Crippen molar-refractivity contribution in [2.75, 3.05) is 0 Å². The highest BCUT2D eigenvalue weighted by atomic mass is 35.5. The number of aromatic nitrogens is 2. The zero-order valence-electron chi connectivity index (χ0n) is 15.5. The number of carbonyl (C=O) groups excluding carboxylic acids is 1. The third-order valence-corrected chi connectivity index (χ3v) is 5.19. The first-order valence-electron chi connectivity index (χ1n) is 8.70. The molecule has 3 rings (SSSR count). The Kier molecular flexibility index (Phi) is 5.88. The second-order valence-electron chi connectivity index (χ2n) is 6.55. The number of benzene rings is 2. The van der Waals surface area contributed by atoms with Gasteiger partial charge in [-0.15, -0.1) is 0 Å². The van der Waals surface area contributed by atoms with Crippen molar-refractivity contribution in [3.63, 3.8) is 0 Å². The Hall–Kier alpha value is -2.30. The Morgan fingerprint density at radius 1 is 1.15 bits per heavy atom. The average Bonchev–Trinajstić information content (AvgIpc) is 2.90. The molecule has 6 heteroatoms. The van der Waals surface area contributed by atoms with Gasteiger partial charge >= 0.3 is 0 Å². The van der Waals surface area contributed by atoms with Crippen molar-refractivity contribution in [2.24, 2.45) is 0 Å². The summed E-state index contributed by atoms with van der Waals surface area (Å²) in [6.45, 7) is 6.19. The van der Waals surface area contributed by atoms with Crippen molar-refractivity contribution in [2.45, 2.75) is 33.4 Å². The van der Waals surface area contributed by atoms with E-state index in [1.807, 2.05) is 74.0 Å². The Morgan fingerprint density at radius 2 is 1.89 bits per heavy atom. The topological polar surface area (TPSA) is 46.9 Å². The van der Waals surface area contributed by atoms with Crippen LogP contribution in [-0.4, -0.2) is 15.7 Å². The third-order valence-electron chi connectivity index (χ3n) is 4.58. The van der Waals surface area contributed by atoms with Gasteiger partial charge < -0.3 is 5.32 Å². The molecule has 2 aromatic carbocycles. The van der Waals surface area contributed by atoms with Crippen LogP contribution in [0.3, 0.4) is 0 Å². The van der Waals surface area contributed by atoms with Crippen LogP contribution in [0, 0.1) is 13.8 Å². The van der Waals surface area contributed by atoms with Gasteiger partial charge in [0.25, 0.3) is 5.91 Å². The zero-order valence-corrected chi connectivity index (χ0v) is 17.0. The van der Waals surface area contributed by atoms with Gasteiger partial charge in [-0.1, -0.05) is 53.5 Å². The van der Waals surface area contributed by atoms with Crippen LogP contribution in [0.15, 0.2) is 48.5 Å². The van der Waals surface area contributed by atoms with Crippen molar-refractivity contribution < 1.29 is 4.79 Å². The minimum absolute atomic E-state index is 0.150. The van der Waals surface area contributed by atoms with Crippen molar-refractivity contribution in [1.82, 2.24) is 15.1 Å². The van der Waals surface area contributed by atoms with Crippen LogP contribution in [0.2, 0.25) is 10.0 Å². The molecule has 0 bridgehead atoms. The highest BCUT2D eigenvalue weighted by molar-refractivity contribution is 6.31. The second-order valence-corrected chi connectivity index (χ2v) is 7.39. The number of carbonyl (C=O) groups is 1. The van der Waals surface area contributed by atoms with Crippen LogP contribution in [0.25, 0.3) is 0 Å². The van der Waals surface area contributed by atoms with Crippen LogP contribution < -0.4 is 5.32 Å². The maximum atomic E-state index is 12.9. The highest BCUT2D eigenvalue weighted by Crippen LogP contribution is 2.21. The summed E-state index contributed by atoms with van der Waals surface area (Å²) in [5.74, 6) is -0.150. The summed E-state index contributed by atoms with van der Waals surface area (Å²) in [5.41, 5.74) is 4.01. The summed E-state index contributed by atoms with van der Waals surface area (Å²) in [4.78, 5) is 12.9. The molecule has 1 amide bonds. The van der Waals surface area contributed by atoms with Crippen LogP contribution in [-0.2, 0) is 6.54 Å². The molecule has 0 aliphatic heterocycles. The van der Waals surface area contributed by atoms with Crippen LogP contribution in [0.4, 0.5) is 0 Å². The molecule has 0 fully saturated rings. The minimum Gasteiger partial charge on any atom is -0.345 e. The number of hydrogen-bond acceptors (Lipinski definition) is 2. The lowest BCUT2D eigenvalue weighted by molar-refractivity contribution is 0.0938. The summed E-state index contributed by atoms with van der Waals surface area (Å²) >= 11 is 12.3. The van der Waals surface area contributed by atoms with Gasteiger partial charge in [-0.2, -0.15) is 5.10 Å². The van der Waals surface area contributed by atoms with Gasteiger partial charge in [0.2, 0.25) is 0 Å². The predicted octanol–water partition coefficient (Wildman–Crippen LogP) is 5.35. The number of hydrogen-bond donors (Lipinski definition) is 1. The van der Waals surface area contributed by atoms with Crippen molar-refractivity contribution in [3.8, 4) is 0 Å². The number of halogens is 2. The monoisotopic (exact) mass is 401 g/mol. The molecule has 1 N–H and O–H groups in total. The maximum absolute atomic E-state index is 12.9. The number of aryl methyl sites for hydroxylation is 1. The molecule has 140 valence electrons. The summed E-state index contributed by atoms with van der Waals surface area (Å²) in [6, 6.07) is 15.0. The summed E-state index contributed by atoms with van der Waals surface area (Å²) in [7, 11) is 0. The van der Waals surface area contributed by atoms with Gasteiger partial charge in [0.15, 0.2) is 0 Å². The van der Waals surface area contributed by atoms with E-state index in [0.29, 0.717) is 27.8 Å². The first kappa shape index (κ1) is 19.5. The van der Waals surface area contributed by atoms with E-state index in [4.69, 9.17) is 23.2 Å². The summed E-state index contributed by atoms with van der Waals surface area (Å²) in [6.07, 6.45) is 0. The predicted molar refractivity (Wildman–Crippen MR) is 110 cm³/mol. The largest absolute Gasteiger partial charge is 0.345 e. The van der Waals surface area contributed by atoms with E-state index in [2.05, 4.69) is 10.4 Å². The van der Waals surface area contributed by atoms with E-state index in [9.17, 15) is 4.79 Å². The fourth-order valence-electron chi connectivity index (χ4n) is 3.10. The molecule has 0 saturated heterocycles. The molecular weight excluding hydrogens is 381 g/mol. The minimum atomic E-state index is -0.165. The van der Waals surface area contributed by atoms with Gasteiger partial charge in [-0.3, -0.25) is 9.48 Å². The summed E-state index contributed by atoms with van der Waals surface area (Å²) in [5, 5.41) is 8.90. The van der Waals surface area contributed by atoms with Crippen LogP contribution in [0.5, 0.6) is 0 Å². The highest BCUT2D eigenvalue weighted by Gasteiger charge is 2.21. The van der Waals surface area contributed by atoms with Crippen molar-refractivity contribution in [1.29, 1.82) is 0 Å². The first-order chi connectivity index (χ1) is 12.9. The Morgan fingerprint density at radius 3 is 2.59 bits per heavy atom. The van der Waals surface area contributed by atoms with Crippen molar-refractivity contribution in [3.05, 3.63) is 86.7 Å². The quantitative estimate of drug-likeness (QED) is 0.626. The van der Waals surface area contributed by atoms with E-state index < -0.39 is 0 Å². The fourth-order valence-corrected chi connectivity index (χ4v) is 3.49. The van der Waals surface area contributed by atoms with Gasteiger partial charge in [-0.05, 0) is 50.1 Å². The molecule has 0 aliphatic carbocycles. The molecule has 0 radical (unpaired) electrons. The van der Waals surface area contributed by atoms with Gasteiger partial charge in [-0.25, -0.2) is 0 Å². The normalized spacial score (nSPS) is 12.0. The standard InChI is InChI=1S/C21H21Cl2N3O/c1-13(16-8-6-9-18(22)11-16)24-21(27)20-14(2)25-26(15(20)3)12-17-7-4-5-10-19(17)23/h4-11,13H,12H2,1-3H3,(H,24,27). The molecule has 3 aromatic rings. The van der Waals surface area contributed by atoms with Gasteiger partial charge in [0.05, 0.1) is 23.8 Å². The fraction of sp³-hybridized carbons (Fsp3) is 0.238. The first-order valence-corrected chi connectivity index (χ1v) is 9.46. The molecule has 27 heavy (non-hydrogen) atoms. The van der Waals surface area contributed by atoms with Gasteiger partial charge in [0.1, 0.15) is 0 Å². The van der Waals surface area contributed by atoms with Crippen LogP contribution >= 0.6 is 23.2 Å². The van der Waals surface area contributed by atoms with E-state index in [-0.39, 0.29) is 11.9 Å². The SMILES string of the molecule is Cc1nn(Cc2ccccc2Cl)c(C)c1C(=O)NC(C)c1cccc(Cl)c1. The molecular formula is C21H21Cl2N3O. The Labute approximate surface area is 169 Å². The molecule has 1 aromatic heterocycles. The molecule has 0 aliphatic rings. The molecule has 0 spiro atoms. The lowest BCUT2D eigenvalue weighted by Gasteiger charge is -2.15. The van der Waals surface area contributed by atoms with Gasteiger partial charge in [0, 0.05) is 15.7 Å². The molecule has 0 saturated carbocycles. The molecule has 1 unspecified atom stereocenters. The number of amides is 1. The lowest BCUT2D eigenvalue weighted by Crippen LogP contribution is -2.27. The van der Waals surface area contributed by atoms with E-state index in [0.717, 1.165) is 16.8 Å². The van der Waals surface area contributed by atoms with E-state index in [1.54, 1.807) is 0 Å². The third kappa shape index (κ3) is 4.34. The van der Waals surface area contributed by atoms with E-state index >= 15 is 0 Å². The number of rotatable bonds is 5.